The van der Waals surface area contributed by atoms with Crippen LogP contribution < -0.4 is 10.1 Å². The Bertz CT molecular complexity index is 849. The van der Waals surface area contributed by atoms with Gasteiger partial charge < -0.3 is 10.1 Å². The maximum absolute atomic E-state index is 12.7. The lowest BCUT2D eigenvalue weighted by molar-refractivity contribution is -0.121. The molecule has 1 N–H and O–H groups in total. The Morgan fingerprint density at radius 2 is 2.04 bits per heavy atom. The number of benzene rings is 2. The van der Waals surface area contributed by atoms with Crippen LogP contribution in [0.4, 0.5) is 5.69 Å². The molecule has 0 atom stereocenters. The van der Waals surface area contributed by atoms with Gasteiger partial charge in [0, 0.05) is 11.3 Å². The second-order valence-corrected chi connectivity index (χ2v) is 7.23. The largest absolute Gasteiger partial charge is 0.496 e. The maximum Gasteiger partial charge on any atom is 0.267 e. The summed E-state index contributed by atoms with van der Waals surface area (Å²) in [6, 6.07) is 15.6. The predicted octanol–water partition coefficient (Wildman–Crippen LogP) is 4.27. The molecule has 1 saturated heterocycles. The number of rotatable bonds is 5. The van der Waals surface area contributed by atoms with Gasteiger partial charge in [0.15, 0.2) is 0 Å². The summed E-state index contributed by atoms with van der Waals surface area (Å²) >= 11 is 6.68. The molecule has 2 aromatic rings. The Balaban J connectivity index is 1.75. The average molecular weight is 370 g/mol. The van der Waals surface area contributed by atoms with Gasteiger partial charge >= 0.3 is 0 Å². The van der Waals surface area contributed by atoms with Crippen molar-refractivity contribution in [2.75, 3.05) is 19.1 Å². The summed E-state index contributed by atoms with van der Waals surface area (Å²) in [5.41, 5.74) is 2.98. The molecule has 128 valence electrons. The van der Waals surface area contributed by atoms with Gasteiger partial charge in [-0.2, -0.15) is 0 Å². The van der Waals surface area contributed by atoms with Crippen LogP contribution in [-0.2, 0) is 4.79 Å². The summed E-state index contributed by atoms with van der Waals surface area (Å²) in [5.74, 6) is 0.631. The van der Waals surface area contributed by atoms with Crippen molar-refractivity contribution in [2.45, 2.75) is 6.92 Å². The molecule has 1 fully saturated rings. The minimum atomic E-state index is -0.0962. The third-order valence-corrected chi connectivity index (χ3v) is 5.14. The Kier molecular flexibility index (Phi) is 5.40. The van der Waals surface area contributed by atoms with Crippen molar-refractivity contribution >= 4 is 46.0 Å². The first-order chi connectivity index (χ1) is 12.1. The Hall–Kier alpha value is -2.31. The number of methoxy groups -OCH3 is 1. The lowest BCUT2D eigenvalue weighted by atomic mass is 10.2. The smallest absolute Gasteiger partial charge is 0.267 e. The van der Waals surface area contributed by atoms with Crippen molar-refractivity contribution in [1.29, 1.82) is 0 Å². The number of nitrogens with one attached hydrogen (secondary N) is 1. The molecule has 0 radical (unpaired) electrons. The highest BCUT2D eigenvalue weighted by Gasteiger charge is 2.31. The van der Waals surface area contributed by atoms with Crippen LogP contribution in [0, 0.1) is 6.92 Å². The summed E-state index contributed by atoms with van der Waals surface area (Å²) < 4.78 is 5.88. The van der Waals surface area contributed by atoms with Crippen LogP contribution in [0.2, 0.25) is 0 Å². The van der Waals surface area contributed by atoms with Gasteiger partial charge in [0.25, 0.3) is 5.91 Å². The molecule has 25 heavy (non-hydrogen) atoms. The normalized spacial score (nSPS) is 15.8. The van der Waals surface area contributed by atoms with Crippen LogP contribution in [0.3, 0.4) is 0 Å². The van der Waals surface area contributed by atoms with E-state index in [-0.39, 0.29) is 5.91 Å². The average Bonchev–Trinajstić information content (AvgIpc) is 2.87. The van der Waals surface area contributed by atoms with Crippen molar-refractivity contribution in [3.05, 3.63) is 64.6 Å². The second kappa shape index (κ2) is 7.72. The zero-order chi connectivity index (χ0) is 17.8. The Labute approximate surface area is 156 Å². The van der Waals surface area contributed by atoms with E-state index in [1.165, 1.54) is 11.8 Å². The Morgan fingerprint density at radius 3 is 2.80 bits per heavy atom. The first kappa shape index (κ1) is 17.5. The lowest BCUT2D eigenvalue weighted by Crippen LogP contribution is -2.33. The van der Waals surface area contributed by atoms with E-state index >= 15 is 0 Å². The van der Waals surface area contributed by atoms with E-state index in [1.54, 1.807) is 12.0 Å². The Morgan fingerprint density at radius 1 is 1.24 bits per heavy atom. The van der Waals surface area contributed by atoms with Crippen molar-refractivity contribution < 1.29 is 9.53 Å². The van der Waals surface area contributed by atoms with E-state index in [1.807, 2.05) is 61.5 Å². The van der Waals surface area contributed by atoms with Crippen molar-refractivity contribution in [3.63, 3.8) is 0 Å². The van der Waals surface area contributed by atoms with E-state index in [9.17, 15) is 4.79 Å². The van der Waals surface area contributed by atoms with E-state index in [2.05, 4.69) is 5.32 Å². The molecule has 1 aliphatic rings. The number of thioether (sulfide) groups is 1. The zero-order valence-corrected chi connectivity index (χ0v) is 15.6. The summed E-state index contributed by atoms with van der Waals surface area (Å²) in [7, 11) is 1.61. The number of carbonyl (C=O) groups excluding carboxylic acids is 1. The van der Waals surface area contributed by atoms with Crippen molar-refractivity contribution in [3.8, 4) is 5.75 Å². The number of para-hydroxylation sites is 1. The number of thiocarbonyl (C=S) groups is 1. The highest BCUT2D eigenvalue weighted by atomic mass is 32.2. The molecule has 0 spiro atoms. The maximum atomic E-state index is 12.7. The van der Waals surface area contributed by atoms with Gasteiger partial charge in [0.1, 0.15) is 10.1 Å². The molecule has 0 saturated carbocycles. The zero-order valence-electron chi connectivity index (χ0n) is 14.0. The van der Waals surface area contributed by atoms with E-state index in [0.29, 0.717) is 15.9 Å². The molecule has 4 nitrogen and oxygen atoms in total. The fraction of sp³-hybridized carbons (Fsp3) is 0.158. The number of amides is 1. The molecule has 0 aliphatic carbocycles. The lowest BCUT2D eigenvalue weighted by Gasteiger charge is -2.16. The minimum Gasteiger partial charge on any atom is -0.496 e. The molecule has 2 aromatic carbocycles. The van der Waals surface area contributed by atoms with Crippen LogP contribution in [0.5, 0.6) is 5.75 Å². The van der Waals surface area contributed by atoms with Gasteiger partial charge in [0.05, 0.1) is 18.7 Å². The van der Waals surface area contributed by atoms with Crippen molar-refractivity contribution in [1.82, 2.24) is 4.90 Å². The summed E-state index contributed by atoms with van der Waals surface area (Å²) in [5, 5.41) is 3.25. The highest BCUT2D eigenvalue weighted by Crippen LogP contribution is 2.34. The molecular formula is C19H18N2O2S2. The van der Waals surface area contributed by atoms with E-state index in [4.69, 9.17) is 17.0 Å². The fourth-order valence-corrected chi connectivity index (χ4v) is 3.73. The predicted molar refractivity (Wildman–Crippen MR) is 108 cm³/mol. The summed E-state index contributed by atoms with van der Waals surface area (Å²) in [4.78, 5) is 14.8. The first-order valence-electron chi connectivity index (χ1n) is 7.77. The topological polar surface area (TPSA) is 41.6 Å². The molecular weight excluding hydrogens is 352 g/mol. The standard InChI is InChI=1S/C19H18N2O2S2/c1-13-6-5-8-15(10-13)20-12-21-18(22)17(25-19(21)24)11-14-7-3-4-9-16(14)23-2/h3-11,20H,12H2,1-2H3/b17-11+. The quantitative estimate of drug-likeness (QED) is 0.629. The van der Waals surface area contributed by atoms with Crippen LogP contribution in [0.25, 0.3) is 6.08 Å². The van der Waals surface area contributed by atoms with Crippen LogP contribution in [0.1, 0.15) is 11.1 Å². The van der Waals surface area contributed by atoms with Gasteiger partial charge in [0.2, 0.25) is 0 Å². The summed E-state index contributed by atoms with van der Waals surface area (Å²) in [6.45, 7) is 2.37. The van der Waals surface area contributed by atoms with Gasteiger partial charge in [-0.05, 0) is 36.8 Å². The van der Waals surface area contributed by atoms with E-state index in [0.717, 1.165) is 22.6 Å². The van der Waals surface area contributed by atoms with Crippen LogP contribution in [0.15, 0.2) is 53.4 Å². The van der Waals surface area contributed by atoms with E-state index < -0.39 is 0 Å². The molecule has 6 heteroatoms. The van der Waals surface area contributed by atoms with Gasteiger partial charge in [-0.25, -0.2) is 0 Å². The third kappa shape index (κ3) is 4.03. The number of ether oxygens (including phenoxy) is 1. The van der Waals surface area contributed by atoms with Gasteiger partial charge in [-0.1, -0.05) is 54.3 Å². The molecule has 0 bridgehead atoms. The molecule has 0 unspecified atom stereocenters. The number of hydrogen-bond donors (Lipinski definition) is 1. The number of nitrogens with zero attached hydrogens (tertiary/aromatic N) is 1. The second-order valence-electron chi connectivity index (χ2n) is 5.56. The van der Waals surface area contributed by atoms with Crippen molar-refractivity contribution in [2.24, 2.45) is 0 Å². The fourth-order valence-electron chi connectivity index (χ4n) is 2.49. The first-order valence-corrected chi connectivity index (χ1v) is 9.00. The number of carbonyl (C=O) groups is 1. The molecule has 1 amide bonds. The number of hydrogen-bond acceptors (Lipinski definition) is 5. The summed E-state index contributed by atoms with van der Waals surface area (Å²) in [6.07, 6.45) is 1.82. The molecule has 3 rings (SSSR count). The van der Waals surface area contributed by atoms with Crippen LogP contribution >= 0.6 is 24.0 Å². The molecule has 1 heterocycles. The highest BCUT2D eigenvalue weighted by molar-refractivity contribution is 8.26. The van der Waals surface area contributed by atoms with Crippen LogP contribution in [-0.4, -0.2) is 28.9 Å². The number of anilines is 1. The SMILES string of the molecule is COc1ccccc1/C=C1/SC(=S)N(CNc2cccc(C)c2)C1=O. The monoisotopic (exact) mass is 370 g/mol. The molecule has 0 aromatic heterocycles. The van der Waals surface area contributed by atoms with Gasteiger partial charge in [-0.15, -0.1) is 0 Å². The number of aryl methyl sites for hydroxylation is 1. The molecule has 1 aliphatic heterocycles. The minimum absolute atomic E-state index is 0.0962. The van der Waals surface area contributed by atoms with Gasteiger partial charge in [-0.3, -0.25) is 9.69 Å². The third-order valence-electron chi connectivity index (χ3n) is 3.76.